The molecule has 0 unspecified atom stereocenters. The summed E-state index contributed by atoms with van der Waals surface area (Å²) >= 11 is 4.88. The highest BCUT2D eigenvalue weighted by Gasteiger charge is 2.44. The second-order valence-electron chi connectivity index (χ2n) is 5.97. The maximum absolute atomic E-state index is 12.5. The lowest BCUT2D eigenvalue weighted by Gasteiger charge is -2.13. The molecule has 0 radical (unpaired) electrons. The Bertz CT molecular complexity index is 1030. The van der Waals surface area contributed by atoms with Crippen LogP contribution in [0.3, 0.4) is 0 Å². The molecule has 10 heteroatoms. The van der Waals surface area contributed by atoms with Crippen LogP contribution in [-0.2, 0) is 22.6 Å². The minimum atomic E-state index is -0.889. The Morgan fingerprint density at radius 1 is 1.00 bits per heavy atom. The summed E-state index contributed by atoms with van der Waals surface area (Å²) in [6.07, 6.45) is 0.505. The SMILES string of the molecule is O=C1C(=O)N(Cc2nnc(-c3ccc(Br)cc3)o2)C(=O)N1CCc1cccs1. The first kappa shape index (κ1) is 18.5. The molecule has 0 aliphatic carbocycles. The van der Waals surface area contributed by atoms with Crippen LogP contribution in [0.4, 0.5) is 4.79 Å². The van der Waals surface area contributed by atoms with Gasteiger partial charge in [-0.1, -0.05) is 22.0 Å². The van der Waals surface area contributed by atoms with Crippen LogP contribution in [0.1, 0.15) is 10.8 Å². The number of imide groups is 2. The third kappa shape index (κ3) is 3.60. The first-order valence-corrected chi connectivity index (χ1v) is 9.98. The number of carbonyl (C=O) groups excluding carboxylic acids is 3. The number of hydrogen-bond acceptors (Lipinski definition) is 7. The zero-order valence-electron chi connectivity index (χ0n) is 14.4. The quantitative estimate of drug-likeness (QED) is 0.414. The van der Waals surface area contributed by atoms with Crippen LogP contribution >= 0.6 is 27.3 Å². The average Bonchev–Trinajstić information content (AvgIpc) is 3.41. The molecule has 8 nitrogen and oxygen atoms in total. The van der Waals surface area contributed by atoms with Crippen molar-refractivity contribution in [2.75, 3.05) is 6.54 Å². The molecule has 0 bridgehead atoms. The summed E-state index contributed by atoms with van der Waals surface area (Å²) in [5.74, 6) is -1.39. The number of nitrogens with zero attached hydrogens (tertiary/aromatic N) is 4. The van der Waals surface area contributed by atoms with Crippen molar-refractivity contribution in [3.63, 3.8) is 0 Å². The molecule has 142 valence electrons. The fraction of sp³-hybridized carbons (Fsp3) is 0.167. The van der Waals surface area contributed by atoms with E-state index in [2.05, 4.69) is 26.1 Å². The van der Waals surface area contributed by atoms with Crippen molar-refractivity contribution in [2.24, 2.45) is 0 Å². The van der Waals surface area contributed by atoms with E-state index < -0.39 is 17.8 Å². The lowest BCUT2D eigenvalue weighted by molar-refractivity contribution is -0.143. The van der Waals surface area contributed by atoms with Crippen LogP contribution in [0.15, 0.2) is 50.7 Å². The predicted molar refractivity (Wildman–Crippen MR) is 103 cm³/mol. The molecule has 4 rings (SSSR count). The van der Waals surface area contributed by atoms with Crippen LogP contribution in [0.2, 0.25) is 0 Å². The minimum absolute atomic E-state index is 0.0764. The highest BCUT2D eigenvalue weighted by Crippen LogP contribution is 2.22. The average molecular weight is 461 g/mol. The monoisotopic (exact) mass is 460 g/mol. The molecule has 1 saturated heterocycles. The van der Waals surface area contributed by atoms with Gasteiger partial charge in [0.2, 0.25) is 11.8 Å². The molecule has 0 atom stereocenters. The van der Waals surface area contributed by atoms with E-state index in [0.717, 1.165) is 19.1 Å². The van der Waals surface area contributed by atoms with E-state index in [9.17, 15) is 14.4 Å². The van der Waals surface area contributed by atoms with E-state index in [4.69, 9.17) is 4.42 Å². The van der Waals surface area contributed by atoms with Crippen LogP contribution in [-0.4, -0.2) is 44.4 Å². The van der Waals surface area contributed by atoms with Crippen LogP contribution in [0, 0.1) is 0 Å². The van der Waals surface area contributed by atoms with Gasteiger partial charge in [0.25, 0.3) is 0 Å². The van der Waals surface area contributed by atoms with Crippen molar-refractivity contribution in [3.05, 3.63) is 57.0 Å². The van der Waals surface area contributed by atoms with Crippen molar-refractivity contribution in [2.45, 2.75) is 13.0 Å². The number of rotatable bonds is 6. The number of aromatic nitrogens is 2. The second kappa shape index (κ2) is 7.64. The van der Waals surface area contributed by atoms with Gasteiger partial charge < -0.3 is 4.42 Å². The van der Waals surface area contributed by atoms with Crippen LogP contribution < -0.4 is 0 Å². The van der Waals surface area contributed by atoms with Crippen LogP contribution in [0.25, 0.3) is 11.5 Å². The van der Waals surface area contributed by atoms with E-state index in [1.807, 2.05) is 29.6 Å². The van der Waals surface area contributed by atoms with Gasteiger partial charge in [0.05, 0.1) is 0 Å². The fourth-order valence-corrected chi connectivity index (χ4v) is 3.69. The topological polar surface area (TPSA) is 96.6 Å². The van der Waals surface area contributed by atoms with Gasteiger partial charge in [-0.05, 0) is 35.7 Å². The minimum Gasteiger partial charge on any atom is -0.419 e. The van der Waals surface area contributed by atoms with Gasteiger partial charge in [0, 0.05) is 27.9 Å². The first-order valence-electron chi connectivity index (χ1n) is 8.31. The van der Waals surface area contributed by atoms with Crippen molar-refractivity contribution < 1.29 is 18.8 Å². The molecular formula is C18H13BrN4O4S. The maximum Gasteiger partial charge on any atom is 0.334 e. The van der Waals surface area contributed by atoms with Gasteiger partial charge in [0.1, 0.15) is 6.54 Å². The van der Waals surface area contributed by atoms with Crippen molar-refractivity contribution in [1.29, 1.82) is 0 Å². The van der Waals surface area contributed by atoms with Gasteiger partial charge in [-0.15, -0.1) is 21.5 Å². The lowest BCUT2D eigenvalue weighted by atomic mass is 10.2. The molecule has 1 aliphatic rings. The molecule has 1 fully saturated rings. The summed E-state index contributed by atoms with van der Waals surface area (Å²) in [6.45, 7) is -0.100. The second-order valence-corrected chi connectivity index (χ2v) is 7.92. The molecule has 3 aromatic rings. The van der Waals surface area contributed by atoms with E-state index >= 15 is 0 Å². The third-order valence-electron chi connectivity index (χ3n) is 4.15. The third-order valence-corrected chi connectivity index (χ3v) is 5.61. The summed E-state index contributed by atoms with van der Waals surface area (Å²) < 4.78 is 6.45. The lowest BCUT2D eigenvalue weighted by Crippen LogP contribution is -2.34. The molecule has 2 aromatic heterocycles. The number of benzene rings is 1. The summed E-state index contributed by atoms with van der Waals surface area (Å²) in [6, 6.07) is 10.4. The number of thiophene rings is 1. The van der Waals surface area contributed by atoms with E-state index in [-0.39, 0.29) is 24.9 Å². The zero-order chi connectivity index (χ0) is 19.7. The molecule has 1 aromatic carbocycles. The largest absolute Gasteiger partial charge is 0.419 e. The van der Waals surface area contributed by atoms with Gasteiger partial charge in [-0.25, -0.2) is 9.69 Å². The standard InChI is InChI=1S/C18H13BrN4O4S/c19-12-5-3-11(4-6-12)15-21-20-14(27-15)10-23-17(25)16(24)22(18(23)26)8-7-13-2-1-9-28-13/h1-6,9H,7-8,10H2. The molecule has 3 heterocycles. The molecule has 1 aliphatic heterocycles. The van der Waals surface area contributed by atoms with Crippen molar-refractivity contribution in [3.8, 4) is 11.5 Å². The predicted octanol–water partition coefficient (Wildman–Crippen LogP) is 3.09. The number of urea groups is 1. The molecule has 0 saturated carbocycles. The van der Waals surface area contributed by atoms with Crippen molar-refractivity contribution >= 4 is 45.1 Å². The Balaban J connectivity index is 1.45. The number of halogens is 1. The summed E-state index contributed by atoms with van der Waals surface area (Å²) in [5, 5.41) is 9.74. The number of hydrogen-bond donors (Lipinski definition) is 0. The van der Waals surface area contributed by atoms with Crippen LogP contribution in [0.5, 0.6) is 0 Å². The smallest absolute Gasteiger partial charge is 0.334 e. The van der Waals surface area contributed by atoms with E-state index in [1.165, 1.54) is 11.3 Å². The molecule has 4 amide bonds. The van der Waals surface area contributed by atoms with E-state index in [1.54, 1.807) is 12.1 Å². The highest BCUT2D eigenvalue weighted by atomic mass is 79.9. The Labute approximate surface area is 171 Å². The van der Waals surface area contributed by atoms with Gasteiger partial charge in [0.15, 0.2) is 0 Å². The van der Waals surface area contributed by atoms with Gasteiger partial charge in [-0.3, -0.25) is 14.5 Å². The first-order chi connectivity index (χ1) is 13.5. The number of amides is 4. The Morgan fingerprint density at radius 2 is 1.75 bits per heavy atom. The molecule has 0 N–H and O–H groups in total. The Morgan fingerprint density at radius 3 is 2.46 bits per heavy atom. The zero-order valence-corrected chi connectivity index (χ0v) is 16.8. The molecular weight excluding hydrogens is 448 g/mol. The Hall–Kier alpha value is -2.85. The van der Waals surface area contributed by atoms with Gasteiger partial charge >= 0.3 is 17.8 Å². The summed E-state index contributed by atoms with van der Waals surface area (Å²) in [5.41, 5.74) is 0.703. The normalized spacial score (nSPS) is 14.4. The Kier molecular flexibility index (Phi) is 5.05. The fourth-order valence-electron chi connectivity index (χ4n) is 2.73. The number of carbonyl (C=O) groups is 3. The summed E-state index contributed by atoms with van der Waals surface area (Å²) in [4.78, 5) is 39.7. The van der Waals surface area contributed by atoms with Gasteiger partial charge in [-0.2, -0.15) is 0 Å². The molecule has 0 spiro atoms. The van der Waals surface area contributed by atoms with Crippen molar-refractivity contribution in [1.82, 2.24) is 20.0 Å². The highest BCUT2D eigenvalue weighted by molar-refractivity contribution is 9.10. The van der Waals surface area contributed by atoms with E-state index in [0.29, 0.717) is 12.0 Å². The molecule has 28 heavy (non-hydrogen) atoms. The maximum atomic E-state index is 12.5. The summed E-state index contributed by atoms with van der Waals surface area (Å²) in [7, 11) is 0.